The first-order valence-corrected chi connectivity index (χ1v) is 6.25. The van der Waals surface area contributed by atoms with Crippen LogP contribution in [-0.4, -0.2) is 42.8 Å². The molecule has 0 bridgehead atoms. The minimum atomic E-state index is -4.43. The summed E-state index contributed by atoms with van der Waals surface area (Å²) in [5, 5.41) is 9.23. The Morgan fingerprint density at radius 1 is 1.37 bits per heavy atom. The van der Waals surface area contributed by atoms with Crippen molar-refractivity contribution in [1.82, 2.24) is 4.90 Å². The van der Waals surface area contributed by atoms with Gasteiger partial charge >= 0.3 is 6.18 Å². The Balaban J connectivity index is 2.16. The zero-order valence-electron chi connectivity index (χ0n) is 10.4. The molecule has 4 nitrogen and oxygen atoms in total. The van der Waals surface area contributed by atoms with E-state index < -0.39 is 24.0 Å². The van der Waals surface area contributed by atoms with Gasteiger partial charge in [-0.2, -0.15) is 18.4 Å². The van der Waals surface area contributed by atoms with E-state index in [1.807, 2.05) is 6.07 Å². The highest BCUT2D eigenvalue weighted by molar-refractivity contribution is 5.86. The normalized spacial score (nSPS) is 22.6. The summed E-state index contributed by atoms with van der Waals surface area (Å²) in [7, 11) is 0. The van der Waals surface area contributed by atoms with E-state index in [0.29, 0.717) is 12.8 Å². The molecule has 1 saturated carbocycles. The maximum atomic E-state index is 12.5. The van der Waals surface area contributed by atoms with Crippen molar-refractivity contribution in [1.29, 1.82) is 5.26 Å². The molecule has 2 fully saturated rings. The van der Waals surface area contributed by atoms with Gasteiger partial charge in [0.1, 0.15) is 12.0 Å². The first-order valence-electron chi connectivity index (χ1n) is 6.25. The Kier molecular flexibility index (Phi) is 3.72. The molecule has 1 aliphatic heterocycles. The lowest BCUT2D eigenvalue weighted by atomic mass is 9.80. The Hall–Kier alpha value is -1.29. The van der Waals surface area contributed by atoms with Crippen LogP contribution < -0.4 is 0 Å². The third-order valence-electron chi connectivity index (χ3n) is 3.57. The van der Waals surface area contributed by atoms with Crippen LogP contribution in [0.2, 0.25) is 0 Å². The molecule has 1 amide bonds. The summed E-state index contributed by atoms with van der Waals surface area (Å²) in [6.07, 6.45) is -2.92. The Labute approximate surface area is 109 Å². The Bertz CT molecular complexity index is 393. The molecular formula is C12H15F3N2O2. The molecule has 106 valence electrons. The third kappa shape index (κ3) is 3.18. The van der Waals surface area contributed by atoms with Gasteiger partial charge in [0, 0.05) is 19.3 Å². The average molecular weight is 276 g/mol. The van der Waals surface area contributed by atoms with Crippen LogP contribution in [0.4, 0.5) is 13.2 Å². The number of amides is 1. The average Bonchev–Trinajstić information content (AvgIpc) is 3.19. The predicted octanol–water partition coefficient (Wildman–Crippen LogP) is 1.86. The van der Waals surface area contributed by atoms with Crippen LogP contribution in [0.15, 0.2) is 0 Å². The second-order valence-corrected chi connectivity index (χ2v) is 5.09. The molecule has 0 aromatic carbocycles. The Morgan fingerprint density at radius 3 is 2.37 bits per heavy atom. The van der Waals surface area contributed by atoms with Crippen LogP contribution >= 0.6 is 0 Å². The van der Waals surface area contributed by atoms with E-state index in [1.54, 1.807) is 0 Å². The van der Waals surface area contributed by atoms with E-state index in [1.165, 1.54) is 0 Å². The van der Waals surface area contributed by atoms with Crippen molar-refractivity contribution < 1.29 is 22.7 Å². The molecule has 1 saturated heterocycles. The van der Waals surface area contributed by atoms with Gasteiger partial charge in [0.2, 0.25) is 5.91 Å². The Morgan fingerprint density at radius 2 is 1.95 bits per heavy atom. The SMILES string of the molecule is N#CC1(C(=O)N(CC(F)(F)F)C2CC2)CCOCC1. The second kappa shape index (κ2) is 5.00. The fourth-order valence-corrected chi connectivity index (χ4v) is 2.31. The lowest BCUT2D eigenvalue weighted by Gasteiger charge is -2.35. The van der Waals surface area contributed by atoms with Crippen LogP contribution in [0.5, 0.6) is 0 Å². The van der Waals surface area contributed by atoms with E-state index in [0.717, 1.165) is 4.90 Å². The smallest absolute Gasteiger partial charge is 0.381 e. The zero-order valence-corrected chi connectivity index (χ0v) is 10.4. The van der Waals surface area contributed by atoms with Gasteiger partial charge in [-0.15, -0.1) is 0 Å². The van der Waals surface area contributed by atoms with Crippen molar-refractivity contribution in [2.45, 2.75) is 37.9 Å². The van der Waals surface area contributed by atoms with Crippen LogP contribution in [0, 0.1) is 16.7 Å². The number of rotatable bonds is 3. The summed E-state index contributed by atoms with van der Waals surface area (Å²) in [6, 6.07) is 1.57. The van der Waals surface area contributed by atoms with Gasteiger partial charge in [0.15, 0.2) is 0 Å². The highest BCUT2D eigenvalue weighted by atomic mass is 19.4. The van der Waals surface area contributed by atoms with Gasteiger partial charge in [-0.3, -0.25) is 4.79 Å². The summed E-state index contributed by atoms with van der Waals surface area (Å²) < 4.78 is 42.7. The largest absolute Gasteiger partial charge is 0.406 e. The molecular weight excluding hydrogens is 261 g/mol. The van der Waals surface area contributed by atoms with Crippen molar-refractivity contribution in [2.75, 3.05) is 19.8 Å². The van der Waals surface area contributed by atoms with E-state index in [4.69, 9.17) is 4.74 Å². The summed E-state index contributed by atoms with van der Waals surface area (Å²) in [5.74, 6) is -0.682. The van der Waals surface area contributed by atoms with Gasteiger partial charge in [0.25, 0.3) is 0 Å². The minimum Gasteiger partial charge on any atom is -0.381 e. The topological polar surface area (TPSA) is 53.3 Å². The lowest BCUT2D eigenvalue weighted by molar-refractivity contribution is -0.169. The number of halogens is 3. The molecule has 0 aromatic heterocycles. The quantitative estimate of drug-likeness (QED) is 0.790. The number of carbonyl (C=O) groups is 1. The van der Waals surface area contributed by atoms with Gasteiger partial charge in [-0.1, -0.05) is 0 Å². The number of nitrogens with zero attached hydrogens (tertiary/aromatic N) is 2. The standard InChI is InChI=1S/C12H15F3N2O2/c13-12(14,15)8-17(9-1-2-9)10(18)11(7-16)3-5-19-6-4-11/h9H,1-6,8H2. The summed E-state index contributed by atoms with van der Waals surface area (Å²) in [4.78, 5) is 13.2. The van der Waals surface area contributed by atoms with Crippen LogP contribution in [0.1, 0.15) is 25.7 Å². The maximum Gasteiger partial charge on any atom is 0.406 e. The summed E-state index contributed by atoms with van der Waals surface area (Å²) in [5.41, 5.74) is -1.34. The summed E-state index contributed by atoms with van der Waals surface area (Å²) >= 11 is 0. The lowest BCUT2D eigenvalue weighted by Crippen LogP contribution is -2.50. The number of carbonyl (C=O) groups excluding carboxylic acids is 1. The monoisotopic (exact) mass is 276 g/mol. The molecule has 7 heteroatoms. The number of ether oxygens (including phenoxy) is 1. The first kappa shape index (κ1) is 14.1. The first-order chi connectivity index (χ1) is 8.88. The van der Waals surface area contributed by atoms with E-state index in [9.17, 15) is 23.2 Å². The van der Waals surface area contributed by atoms with Gasteiger partial charge in [-0.05, 0) is 25.7 Å². The molecule has 19 heavy (non-hydrogen) atoms. The van der Waals surface area contributed by atoms with Crippen LogP contribution in [-0.2, 0) is 9.53 Å². The molecule has 1 heterocycles. The highest BCUT2D eigenvalue weighted by Gasteiger charge is 2.49. The number of nitriles is 1. The van der Waals surface area contributed by atoms with E-state index in [-0.39, 0.29) is 32.1 Å². The predicted molar refractivity (Wildman–Crippen MR) is 58.9 cm³/mol. The van der Waals surface area contributed by atoms with E-state index >= 15 is 0 Å². The number of hydrogen-bond acceptors (Lipinski definition) is 3. The third-order valence-corrected chi connectivity index (χ3v) is 3.57. The molecule has 0 spiro atoms. The molecule has 0 atom stereocenters. The second-order valence-electron chi connectivity index (χ2n) is 5.09. The molecule has 2 rings (SSSR count). The molecule has 2 aliphatic rings. The maximum absolute atomic E-state index is 12.5. The van der Waals surface area contributed by atoms with Gasteiger partial charge in [-0.25, -0.2) is 0 Å². The fourth-order valence-electron chi connectivity index (χ4n) is 2.31. The summed E-state index contributed by atoms with van der Waals surface area (Å²) in [6.45, 7) is -0.783. The van der Waals surface area contributed by atoms with Gasteiger partial charge in [0.05, 0.1) is 6.07 Å². The van der Waals surface area contributed by atoms with Crippen LogP contribution in [0.25, 0.3) is 0 Å². The van der Waals surface area contributed by atoms with Crippen LogP contribution in [0.3, 0.4) is 0 Å². The molecule has 0 radical (unpaired) electrons. The van der Waals surface area contributed by atoms with Crippen molar-refractivity contribution in [2.24, 2.45) is 5.41 Å². The highest BCUT2D eigenvalue weighted by Crippen LogP contribution is 2.38. The molecule has 0 N–H and O–H groups in total. The van der Waals surface area contributed by atoms with Crippen molar-refractivity contribution in [3.05, 3.63) is 0 Å². The minimum absolute atomic E-state index is 0.170. The van der Waals surface area contributed by atoms with Crippen molar-refractivity contribution in [3.8, 4) is 6.07 Å². The van der Waals surface area contributed by atoms with Crippen molar-refractivity contribution >= 4 is 5.91 Å². The molecule has 0 unspecified atom stereocenters. The molecule has 0 aromatic rings. The number of hydrogen-bond donors (Lipinski definition) is 0. The van der Waals surface area contributed by atoms with Crippen molar-refractivity contribution in [3.63, 3.8) is 0 Å². The fraction of sp³-hybridized carbons (Fsp3) is 0.833. The van der Waals surface area contributed by atoms with Gasteiger partial charge < -0.3 is 9.64 Å². The molecule has 1 aliphatic carbocycles. The van der Waals surface area contributed by atoms with E-state index in [2.05, 4.69) is 0 Å². The zero-order chi connectivity index (χ0) is 14.1. The number of alkyl halides is 3.